The van der Waals surface area contributed by atoms with Crippen molar-refractivity contribution in [1.82, 2.24) is 5.32 Å². The van der Waals surface area contributed by atoms with E-state index >= 15 is 0 Å². The molecule has 1 unspecified atom stereocenters. The molecule has 1 amide bonds. The van der Waals surface area contributed by atoms with E-state index in [2.05, 4.69) is 5.32 Å². The molecule has 78 valence electrons. The first-order chi connectivity index (χ1) is 6.19. The van der Waals surface area contributed by atoms with Gasteiger partial charge in [-0.25, -0.2) is 0 Å². The van der Waals surface area contributed by atoms with Crippen molar-refractivity contribution < 1.29 is 9.90 Å². The first-order valence-corrected chi connectivity index (χ1v) is 5.10. The minimum atomic E-state index is -0.0758. The third kappa shape index (κ3) is 4.27. The van der Waals surface area contributed by atoms with Crippen LogP contribution in [-0.2, 0) is 4.79 Å². The topological polar surface area (TPSA) is 49.3 Å². The van der Waals surface area contributed by atoms with Crippen LogP contribution in [0.3, 0.4) is 0 Å². The van der Waals surface area contributed by atoms with E-state index in [-0.39, 0.29) is 24.5 Å². The normalized spacial score (nSPS) is 13.0. The summed E-state index contributed by atoms with van der Waals surface area (Å²) in [7, 11) is 0. The van der Waals surface area contributed by atoms with E-state index in [0.29, 0.717) is 0 Å². The molecule has 0 saturated carbocycles. The third-order valence-electron chi connectivity index (χ3n) is 2.42. The number of nitrogens with one attached hydrogen (secondary N) is 1. The summed E-state index contributed by atoms with van der Waals surface area (Å²) in [5.41, 5.74) is 0. The molecule has 0 spiro atoms. The predicted octanol–water partition coefficient (Wildman–Crippen LogP) is 1.31. The molecular formula is C10H21NO2. The zero-order chi connectivity index (χ0) is 10.3. The highest BCUT2D eigenvalue weighted by Crippen LogP contribution is 2.07. The quantitative estimate of drug-likeness (QED) is 0.658. The van der Waals surface area contributed by atoms with Gasteiger partial charge in [0.1, 0.15) is 0 Å². The maximum atomic E-state index is 11.5. The van der Waals surface area contributed by atoms with Gasteiger partial charge in [0.05, 0.1) is 12.6 Å². The van der Waals surface area contributed by atoms with Crippen LogP contribution in [0.25, 0.3) is 0 Å². The molecule has 0 saturated heterocycles. The highest BCUT2D eigenvalue weighted by Gasteiger charge is 2.16. The Labute approximate surface area is 80.5 Å². The van der Waals surface area contributed by atoms with Gasteiger partial charge in [-0.15, -0.1) is 0 Å². The van der Waals surface area contributed by atoms with Crippen molar-refractivity contribution in [2.75, 3.05) is 6.61 Å². The number of carbonyl (C=O) groups is 1. The van der Waals surface area contributed by atoms with E-state index in [1.807, 2.05) is 20.8 Å². The Kier molecular flexibility index (Phi) is 6.59. The number of amides is 1. The fourth-order valence-corrected chi connectivity index (χ4v) is 1.26. The first kappa shape index (κ1) is 12.4. The number of hydrogen-bond acceptors (Lipinski definition) is 2. The summed E-state index contributed by atoms with van der Waals surface area (Å²) in [5, 5.41) is 11.7. The Bertz CT molecular complexity index is 140. The maximum Gasteiger partial charge on any atom is 0.223 e. The third-order valence-corrected chi connectivity index (χ3v) is 2.42. The van der Waals surface area contributed by atoms with Gasteiger partial charge in [-0.2, -0.15) is 0 Å². The molecule has 0 aromatic heterocycles. The molecule has 0 aliphatic carbocycles. The zero-order valence-corrected chi connectivity index (χ0v) is 8.84. The van der Waals surface area contributed by atoms with Crippen LogP contribution in [0.15, 0.2) is 0 Å². The summed E-state index contributed by atoms with van der Waals surface area (Å²) in [6.07, 6.45) is 2.51. The van der Waals surface area contributed by atoms with Crippen molar-refractivity contribution in [3.05, 3.63) is 0 Å². The van der Waals surface area contributed by atoms with Crippen LogP contribution in [-0.4, -0.2) is 23.7 Å². The van der Waals surface area contributed by atoms with Crippen molar-refractivity contribution >= 4 is 5.91 Å². The standard InChI is InChI=1S/C10H21NO2/c1-4-8(5-2)10(13)11-9(6-3)7-12/h8-9,12H,4-7H2,1-3H3,(H,11,13). The Balaban J connectivity index is 3.95. The SMILES string of the molecule is CCC(CO)NC(=O)C(CC)CC. The van der Waals surface area contributed by atoms with E-state index in [4.69, 9.17) is 5.11 Å². The molecule has 0 aliphatic rings. The number of hydrogen-bond donors (Lipinski definition) is 2. The molecule has 13 heavy (non-hydrogen) atoms. The van der Waals surface area contributed by atoms with E-state index < -0.39 is 0 Å². The van der Waals surface area contributed by atoms with Crippen molar-refractivity contribution in [1.29, 1.82) is 0 Å². The Morgan fingerprint density at radius 3 is 2.08 bits per heavy atom. The van der Waals surface area contributed by atoms with Crippen molar-refractivity contribution in [3.63, 3.8) is 0 Å². The van der Waals surface area contributed by atoms with Crippen LogP contribution in [0, 0.1) is 5.92 Å². The molecule has 0 rings (SSSR count). The minimum Gasteiger partial charge on any atom is -0.394 e. The van der Waals surface area contributed by atoms with Gasteiger partial charge in [0.2, 0.25) is 5.91 Å². The number of rotatable bonds is 6. The van der Waals surface area contributed by atoms with Gasteiger partial charge in [-0.1, -0.05) is 20.8 Å². The predicted molar refractivity (Wildman–Crippen MR) is 53.4 cm³/mol. The van der Waals surface area contributed by atoms with Crippen LogP contribution in [0.4, 0.5) is 0 Å². The average molecular weight is 187 g/mol. The lowest BCUT2D eigenvalue weighted by Crippen LogP contribution is -2.40. The minimum absolute atomic E-state index is 0.0301. The summed E-state index contributed by atoms with van der Waals surface area (Å²) < 4.78 is 0. The second-order valence-corrected chi connectivity index (χ2v) is 3.31. The number of carbonyl (C=O) groups excluding carboxylic acids is 1. The largest absolute Gasteiger partial charge is 0.394 e. The van der Waals surface area contributed by atoms with Crippen LogP contribution in [0.2, 0.25) is 0 Å². The monoisotopic (exact) mass is 187 g/mol. The Morgan fingerprint density at radius 2 is 1.77 bits per heavy atom. The van der Waals surface area contributed by atoms with E-state index in [1.54, 1.807) is 0 Å². The van der Waals surface area contributed by atoms with Gasteiger partial charge in [0.15, 0.2) is 0 Å². The molecule has 0 aromatic carbocycles. The van der Waals surface area contributed by atoms with Gasteiger partial charge in [-0.3, -0.25) is 4.79 Å². The summed E-state index contributed by atoms with van der Waals surface area (Å²) in [6.45, 7) is 6.00. The molecule has 2 N–H and O–H groups in total. The fourth-order valence-electron chi connectivity index (χ4n) is 1.26. The summed E-state index contributed by atoms with van der Waals surface area (Å²) in [4.78, 5) is 11.5. The Morgan fingerprint density at radius 1 is 1.23 bits per heavy atom. The molecule has 0 aromatic rings. The second-order valence-electron chi connectivity index (χ2n) is 3.31. The Hall–Kier alpha value is -0.570. The van der Waals surface area contributed by atoms with E-state index in [0.717, 1.165) is 19.3 Å². The zero-order valence-electron chi connectivity index (χ0n) is 8.84. The van der Waals surface area contributed by atoms with Crippen LogP contribution >= 0.6 is 0 Å². The highest BCUT2D eigenvalue weighted by atomic mass is 16.3. The van der Waals surface area contributed by atoms with E-state index in [9.17, 15) is 4.79 Å². The van der Waals surface area contributed by atoms with E-state index in [1.165, 1.54) is 0 Å². The van der Waals surface area contributed by atoms with Gasteiger partial charge in [0, 0.05) is 5.92 Å². The smallest absolute Gasteiger partial charge is 0.223 e. The van der Waals surface area contributed by atoms with Gasteiger partial charge < -0.3 is 10.4 Å². The lowest BCUT2D eigenvalue weighted by atomic mass is 10.0. The van der Waals surface area contributed by atoms with Gasteiger partial charge in [-0.05, 0) is 19.3 Å². The van der Waals surface area contributed by atoms with Crippen LogP contribution in [0.5, 0.6) is 0 Å². The molecule has 0 bridgehead atoms. The number of aliphatic hydroxyl groups excluding tert-OH is 1. The maximum absolute atomic E-state index is 11.5. The van der Waals surface area contributed by atoms with Crippen molar-refractivity contribution in [2.24, 2.45) is 5.92 Å². The van der Waals surface area contributed by atoms with Gasteiger partial charge >= 0.3 is 0 Å². The average Bonchev–Trinajstić information content (AvgIpc) is 2.16. The molecular weight excluding hydrogens is 166 g/mol. The first-order valence-electron chi connectivity index (χ1n) is 5.10. The summed E-state index contributed by atoms with van der Waals surface area (Å²) in [6, 6.07) is -0.0758. The molecule has 3 nitrogen and oxygen atoms in total. The molecule has 0 fully saturated rings. The lowest BCUT2D eigenvalue weighted by Gasteiger charge is -2.18. The molecule has 0 radical (unpaired) electrons. The van der Waals surface area contributed by atoms with Gasteiger partial charge in [0.25, 0.3) is 0 Å². The molecule has 3 heteroatoms. The van der Waals surface area contributed by atoms with Crippen LogP contribution in [0.1, 0.15) is 40.0 Å². The summed E-state index contributed by atoms with van der Waals surface area (Å²) >= 11 is 0. The fraction of sp³-hybridized carbons (Fsp3) is 0.900. The second kappa shape index (κ2) is 6.89. The van der Waals surface area contributed by atoms with Crippen molar-refractivity contribution in [2.45, 2.75) is 46.1 Å². The summed E-state index contributed by atoms with van der Waals surface area (Å²) in [5.74, 6) is 0.173. The lowest BCUT2D eigenvalue weighted by molar-refractivity contribution is -0.126. The molecule has 0 aliphatic heterocycles. The molecule has 1 atom stereocenters. The van der Waals surface area contributed by atoms with Crippen LogP contribution < -0.4 is 5.32 Å². The molecule has 0 heterocycles. The van der Waals surface area contributed by atoms with Crippen molar-refractivity contribution in [3.8, 4) is 0 Å². The highest BCUT2D eigenvalue weighted by molar-refractivity contribution is 5.78. The number of aliphatic hydroxyl groups is 1.